The van der Waals surface area contributed by atoms with Gasteiger partial charge in [-0.2, -0.15) is 15.0 Å². The zero-order chi connectivity index (χ0) is 29.5. The van der Waals surface area contributed by atoms with E-state index < -0.39 is 6.09 Å². The van der Waals surface area contributed by atoms with Crippen LogP contribution in [0.5, 0.6) is 11.5 Å². The molecule has 0 fully saturated rings. The fraction of sp³-hybridized carbons (Fsp3) is 0.143. The van der Waals surface area contributed by atoms with Gasteiger partial charge in [0, 0.05) is 17.1 Å². The van der Waals surface area contributed by atoms with Gasteiger partial charge in [-0.15, -0.1) is 5.10 Å². The first-order valence-electron chi connectivity index (χ1n) is 12.7. The summed E-state index contributed by atoms with van der Waals surface area (Å²) in [5, 5.41) is 20.3. The van der Waals surface area contributed by atoms with Crippen molar-refractivity contribution in [1.82, 2.24) is 29.9 Å². The first-order valence-corrected chi connectivity index (χ1v) is 12.7. The van der Waals surface area contributed by atoms with E-state index in [-0.39, 0.29) is 0 Å². The largest absolute Gasteiger partial charge is 0.497 e. The summed E-state index contributed by atoms with van der Waals surface area (Å²) in [7, 11) is 4.51. The number of ether oxygens (including phenoxy) is 3. The molecular weight excluding hydrogens is 540 g/mol. The maximum Gasteiger partial charge on any atom is 0.412 e. The van der Waals surface area contributed by atoms with Crippen molar-refractivity contribution >= 4 is 46.8 Å². The molecule has 214 valence electrons. The van der Waals surface area contributed by atoms with Crippen molar-refractivity contribution in [3.8, 4) is 17.2 Å². The molecule has 14 nitrogen and oxygen atoms in total. The average molecular weight is 569 g/mol. The van der Waals surface area contributed by atoms with Crippen LogP contribution in [0.15, 0.2) is 72.8 Å². The molecule has 0 atom stereocenters. The van der Waals surface area contributed by atoms with Crippen LogP contribution in [0, 0.1) is 6.92 Å². The van der Waals surface area contributed by atoms with Gasteiger partial charge < -0.3 is 30.2 Å². The highest BCUT2D eigenvalue weighted by atomic mass is 16.5. The van der Waals surface area contributed by atoms with Gasteiger partial charge in [-0.05, 0) is 79.7 Å². The highest BCUT2D eigenvalue weighted by molar-refractivity contribution is 5.83. The fourth-order valence-electron chi connectivity index (χ4n) is 3.80. The quantitative estimate of drug-likeness (QED) is 0.175. The van der Waals surface area contributed by atoms with Crippen molar-refractivity contribution in [3.63, 3.8) is 0 Å². The van der Waals surface area contributed by atoms with Crippen LogP contribution in [-0.4, -0.2) is 57.4 Å². The van der Waals surface area contributed by atoms with E-state index >= 15 is 0 Å². The van der Waals surface area contributed by atoms with Crippen molar-refractivity contribution in [2.24, 2.45) is 0 Å². The van der Waals surface area contributed by atoms with E-state index in [2.05, 4.69) is 51.3 Å². The van der Waals surface area contributed by atoms with Crippen molar-refractivity contribution in [2.75, 3.05) is 42.6 Å². The predicted molar refractivity (Wildman–Crippen MR) is 158 cm³/mol. The number of carbonyl (C=O) groups excluding carboxylic acids is 1. The second-order valence-corrected chi connectivity index (χ2v) is 8.74. The third-order valence-corrected chi connectivity index (χ3v) is 6.00. The molecule has 0 spiro atoms. The van der Waals surface area contributed by atoms with Crippen molar-refractivity contribution in [1.29, 1.82) is 0 Å². The summed E-state index contributed by atoms with van der Waals surface area (Å²) < 4.78 is 16.7. The third kappa shape index (κ3) is 6.62. The minimum absolute atomic E-state index is 0.308. The van der Waals surface area contributed by atoms with Crippen molar-refractivity contribution in [2.45, 2.75) is 6.92 Å². The summed E-state index contributed by atoms with van der Waals surface area (Å²) in [4.78, 5) is 25.2. The second kappa shape index (κ2) is 12.5. The van der Waals surface area contributed by atoms with Crippen LogP contribution in [0.2, 0.25) is 0 Å². The smallest absolute Gasteiger partial charge is 0.412 e. The lowest BCUT2D eigenvalue weighted by atomic mass is 10.2. The van der Waals surface area contributed by atoms with Crippen LogP contribution in [-0.2, 0) is 4.74 Å². The summed E-state index contributed by atoms with van der Waals surface area (Å²) in [5.74, 6) is 2.75. The van der Waals surface area contributed by atoms with E-state index in [1.54, 1.807) is 25.8 Å². The number of carbonyl (C=O) groups is 1. The number of nitrogens with one attached hydrogen (secondary N) is 4. The van der Waals surface area contributed by atoms with Gasteiger partial charge in [0.25, 0.3) is 0 Å². The lowest BCUT2D eigenvalue weighted by molar-refractivity contribution is 0.187. The van der Waals surface area contributed by atoms with E-state index in [4.69, 9.17) is 9.47 Å². The number of benzene rings is 3. The first-order chi connectivity index (χ1) is 20.4. The number of methoxy groups -OCH3 is 3. The van der Waals surface area contributed by atoms with Gasteiger partial charge >= 0.3 is 6.09 Å². The summed E-state index contributed by atoms with van der Waals surface area (Å²) in [6.45, 7) is 1.79. The number of amides is 1. The summed E-state index contributed by atoms with van der Waals surface area (Å²) in [6.07, 6.45) is -0.622. The van der Waals surface area contributed by atoms with Crippen LogP contribution in [0.4, 0.5) is 45.5 Å². The molecule has 0 bridgehead atoms. The Bertz CT molecular complexity index is 1590. The Hall–Kier alpha value is -5.92. The number of hydrogen-bond donors (Lipinski definition) is 4. The molecular formula is C28H28N10O4. The maximum atomic E-state index is 11.5. The number of anilines is 7. The third-order valence-electron chi connectivity index (χ3n) is 6.00. The van der Waals surface area contributed by atoms with Gasteiger partial charge in [0.1, 0.15) is 11.5 Å². The number of hydrogen-bond acceptors (Lipinski definition) is 12. The lowest BCUT2D eigenvalue weighted by Gasteiger charge is -2.12. The van der Waals surface area contributed by atoms with Crippen molar-refractivity contribution in [3.05, 3.63) is 78.5 Å². The maximum absolute atomic E-state index is 11.5. The van der Waals surface area contributed by atoms with Gasteiger partial charge in [-0.3, -0.25) is 5.32 Å². The van der Waals surface area contributed by atoms with E-state index in [1.807, 2.05) is 72.8 Å². The number of aromatic nitrogens is 6. The standard InChI is InChI=1S/C28H28N10O4/c1-17-24(32-28(39)42-4)36-37-38(17)21-11-5-18(6-12-21)29-25-33-26(30-19-7-13-22(40-2)14-8-19)35-27(34-25)31-20-9-15-23(41-3)16-10-20/h5-16H,1-4H3,(H,32,39)(H3,29,30,31,33,34,35). The summed E-state index contributed by atoms with van der Waals surface area (Å²) in [5.41, 5.74) is 3.65. The van der Waals surface area contributed by atoms with E-state index in [0.29, 0.717) is 29.4 Å². The highest BCUT2D eigenvalue weighted by Gasteiger charge is 2.14. The van der Waals surface area contributed by atoms with Gasteiger partial charge in [-0.1, -0.05) is 5.21 Å². The average Bonchev–Trinajstić information content (AvgIpc) is 3.37. The molecule has 0 saturated heterocycles. The monoisotopic (exact) mass is 568 g/mol. The molecule has 0 unspecified atom stereocenters. The Morgan fingerprint density at radius 3 is 1.50 bits per heavy atom. The van der Waals surface area contributed by atoms with Gasteiger partial charge in [-0.25, -0.2) is 9.48 Å². The van der Waals surface area contributed by atoms with E-state index in [1.165, 1.54) is 7.11 Å². The van der Waals surface area contributed by atoms with Gasteiger partial charge in [0.05, 0.1) is 32.7 Å². The molecule has 0 radical (unpaired) electrons. The minimum Gasteiger partial charge on any atom is -0.497 e. The molecule has 2 heterocycles. The lowest BCUT2D eigenvalue weighted by Crippen LogP contribution is -2.12. The van der Waals surface area contributed by atoms with Gasteiger partial charge in [0.15, 0.2) is 5.82 Å². The first kappa shape index (κ1) is 27.6. The molecule has 0 aliphatic heterocycles. The fourth-order valence-corrected chi connectivity index (χ4v) is 3.80. The predicted octanol–water partition coefficient (Wildman–Crippen LogP) is 5.19. The Labute approximate surface area is 241 Å². The number of nitrogens with zero attached hydrogens (tertiary/aromatic N) is 6. The van der Waals surface area contributed by atoms with Crippen LogP contribution in [0.1, 0.15) is 5.69 Å². The van der Waals surface area contributed by atoms with Crippen molar-refractivity contribution < 1.29 is 19.0 Å². The zero-order valence-corrected chi connectivity index (χ0v) is 23.2. The van der Waals surface area contributed by atoms with E-state index in [9.17, 15) is 4.79 Å². The Morgan fingerprint density at radius 2 is 1.10 bits per heavy atom. The van der Waals surface area contributed by atoms with Crippen LogP contribution < -0.4 is 30.7 Å². The zero-order valence-electron chi connectivity index (χ0n) is 23.2. The molecule has 1 amide bonds. The molecule has 0 aliphatic rings. The van der Waals surface area contributed by atoms with Crippen LogP contribution in [0.3, 0.4) is 0 Å². The Balaban J connectivity index is 1.38. The van der Waals surface area contributed by atoms with Crippen LogP contribution >= 0.6 is 0 Å². The highest BCUT2D eigenvalue weighted by Crippen LogP contribution is 2.24. The number of rotatable bonds is 10. The molecule has 5 rings (SSSR count). The normalized spacial score (nSPS) is 10.5. The van der Waals surface area contributed by atoms with Crippen LogP contribution in [0.25, 0.3) is 5.69 Å². The van der Waals surface area contributed by atoms with E-state index in [0.717, 1.165) is 34.2 Å². The molecule has 2 aromatic heterocycles. The molecule has 14 heteroatoms. The molecule has 5 aromatic rings. The topological polar surface area (TPSA) is 162 Å². The molecule has 3 aromatic carbocycles. The minimum atomic E-state index is -0.622. The molecule has 0 saturated carbocycles. The van der Waals surface area contributed by atoms with Gasteiger partial charge in [0.2, 0.25) is 17.8 Å². The second-order valence-electron chi connectivity index (χ2n) is 8.74. The Kier molecular flexibility index (Phi) is 8.23. The molecule has 4 N–H and O–H groups in total. The molecule has 42 heavy (non-hydrogen) atoms. The SMILES string of the molecule is COC(=O)Nc1nnn(-c2ccc(Nc3nc(Nc4ccc(OC)cc4)nc(Nc4ccc(OC)cc4)n3)cc2)c1C. The summed E-state index contributed by atoms with van der Waals surface area (Å²) >= 11 is 0. The molecule has 0 aliphatic carbocycles. The Morgan fingerprint density at radius 1 is 0.667 bits per heavy atom. The summed E-state index contributed by atoms with van der Waals surface area (Å²) in [6, 6.07) is 22.2.